The van der Waals surface area contributed by atoms with E-state index in [0.717, 1.165) is 12.3 Å². The summed E-state index contributed by atoms with van der Waals surface area (Å²) in [6, 6.07) is 5.33. The first-order chi connectivity index (χ1) is 10.7. The van der Waals surface area contributed by atoms with Gasteiger partial charge in [-0.15, -0.1) is 0 Å². The van der Waals surface area contributed by atoms with Gasteiger partial charge >= 0.3 is 11.9 Å². The summed E-state index contributed by atoms with van der Waals surface area (Å²) in [5.74, 6) is -3.10. The summed E-state index contributed by atoms with van der Waals surface area (Å²) in [6.07, 6.45) is 1.03. The number of carbonyl (C=O) groups is 2. The van der Waals surface area contributed by atoms with Crippen LogP contribution < -0.4 is 5.32 Å². The number of benzene rings is 1. The number of nitrogens with one attached hydrogen (secondary N) is 1. The monoisotopic (exact) mass is 317 g/mol. The Labute approximate surface area is 130 Å². The Morgan fingerprint density at radius 2 is 1.91 bits per heavy atom. The number of rotatable bonds is 3. The van der Waals surface area contributed by atoms with E-state index >= 15 is 0 Å². The van der Waals surface area contributed by atoms with Crippen LogP contribution in [0.2, 0.25) is 0 Å². The van der Waals surface area contributed by atoms with Crippen LogP contribution in [0.3, 0.4) is 0 Å². The van der Waals surface area contributed by atoms with Gasteiger partial charge in [0, 0.05) is 32.2 Å². The van der Waals surface area contributed by atoms with Gasteiger partial charge in [-0.05, 0) is 6.07 Å². The van der Waals surface area contributed by atoms with Gasteiger partial charge in [0.05, 0.1) is 16.2 Å². The first-order valence-electron chi connectivity index (χ1n) is 6.35. The average molecular weight is 317 g/mol. The summed E-state index contributed by atoms with van der Waals surface area (Å²) in [7, 11) is 0. The predicted molar refractivity (Wildman–Crippen MR) is 75.8 cm³/mol. The summed E-state index contributed by atoms with van der Waals surface area (Å²) >= 11 is 0. The maximum Gasteiger partial charge on any atom is 0.350 e. The SMILES string of the molecule is CC1(C)OC(=O)C(=CNc2ccc([N+](=O)[O-])cc2C#N)C(=O)O1. The maximum atomic E-state index is 11.8. The van der Waals surface area contributed by atoms with Crippen molar-refractivity contribution in [2.75, 3.05) is 5.32 Å². The Bertz CT molecular complexity index is 753. The van der Waals surface area contributed by atoms with Gasteiger partial charge in [-0.1, -0.05) is 0 Å². The van der Waals surface area contributed by atoms with Crippen molar-refractivity contribution in [3.05, 3.63) is 45.6 Å². The molecular formula is C14H11N3O6. The molecule has 1 heterocycles. The normalized spacial score (nSPS) is 16.0. The quantitative estimate of drug-likeness (QED) is 0.292. The molecule has 1 aromatic carbocycles. The Hall–Kier alpha value is -3.41. The lowest BCUT2D eigenvalue weighted by Crippen LogP contribution is -2.42. The van der Waals surface area contributed by atoms with E-state index in [9.17, 15) is 19.7 Å². The van der Waals surface area contributed by atoms with Gasteiger partial charge in [0.15, 0.2) is 5.57 Å². The number of carbonyl (C=O) groups excluding carboxylic acids is 2. The highest BCUT2D eigenvalue weighted by Gasteiger charge is 2.38. The maximum absolute atomic E-state index is 11.8. The van der Waals surface area contributed by atoms with Gasteiger partial charge in [0.2, 0.25) is 0 Å². The van der Waals surface area contributed by atoms with Crippen LogP contribution in [0, 0.1) is 21.4 Å². The first-order valence-corrected chi connectivity index (χ1v) is 6.35. The standard InChI is InChI=1S/C14H11N3O6/c1-14(2)22-12(18)10(13(19)23-14)7-16-11-4-3-9(17(20)21)5-8(11)6-15/h3-5,7,16H,1-2H3. The molecular weight excluding hydrogens is 306 g/mol. The predicted octanol–water partition coefficient (Wildman–Crippen LogP) is 1.60. The number of nitro groups is 1. The minimum atomic E-state index is -1.35. The summed E-state index contributed by atoms with van der Waals surface area (Å²) < 4.78 is 9.82. The van der Waals surface area contributed by atoms with Crippen LogP contribution in [-0.2, 0) is 19.1 Å². The second-order valence-electron chi connectivity index (χ2n) is 4.98. The van der Waals surface area contributed by atoms with Crippen molar-refractivity contribution >= 4 is 23.3 Å². The molecule has 2 rings (SSSR count). The highest BCUT2D eigenvalue weighted by molar-refractivity contribution is 6.15. The molecule has 0 aliphatic carbocycles. The fourth-order valence-corrected chi connectivity index (χ4v) is 1.79. The molecule has 9 nitrogen and oxygen atoms in total. The largest absolute Gasteiger partial charge is 0.419 e. The van der Waals surface area contributed by atoms with E-state index in [2.05, 4.69) is 5.32 Å². The highest BCUT2D eigenvalue weighted by Crippen LogP contribution is 2.24. The molecule has 0 amide bonds. The molecule has 23 heavy (non-hydrogen) atoms. The molecule has 1 saturated heterocycles. The average Bonchev–Trinajstić information content (AvgIpc) is 2.45. The first kappa shape index (κ1) is 16.0. The molecule has 1 aliphatic heterocycles. The molecule has 0 spiro atoms. The van der Waals surface area contributed by atoms with Crippen molar-refractivity contribution in [3.8, 4) is 6.07 Å². The van der Waals surface area contributed by atoms with Crippen LogP contribution in [0.1, 0.15) is 19.4 Å². The molecule has 0 unspecified atom stereocenters. The third kappa shape index (κ3) is 3.44. The number of nitro benzene ring substituents is 1. The van der Waals surface area contributed by atoms with Gasteiger partial charge in [-0.25, -0.2) is 9.59 Å². The third-order valence-electron chi connectivity index (χ3n) is 2.82. The second-order valence-corrected chi connectivity index (χ2v) is 4.98. The Morgan fingerprint density at radius 3 is 2.43 bits per heavy atom. The van der Waals surface area contributed by atoms with E-state index in [0.29, 0.717) is 0 Å². The molecule has 1 N–H and O–H groups in total. The van der Waals surface area contributed by atoms with E-state index in [1.807, 2.05) is 0 Å². The second kappa shape index (κ2) is 5.76. The number of cyclic esters (lactones) is 2. The van der Waals surface area contributed by atoms with Crippen molar-refractivity contribution in [2.45, 2.75) is 19.6 Å². The third-order valence-corrected chi connectivity index (χ3v) is 2.82. The molecule has 1 fully saturated rings. The lowest BCUT2D eigenvalue weighted by atomic mass is 10.1. The van der Waals surface area contributed by atoms with E-state index in [-0.39, 0.29) is 22.5 Å². The molecule has 0 saturated carbocycles. The van der Waals surface area contributed by atoms with E-state index < -0.39 is 22.6 Å². The van der Waals surface area contributed by atoms with Crippen molar-refractivity contribution in [3.63, 3.8) is 0 Å². The summed E-state index contributed by atoms with van der Waals surface area (Å²) in [4.78, 5) is 33.5. The highest BCUT2D eigenvalue weighted by atomic mass is 16.7. The van der Waals surface area contributed by atoms with Crippen molar-refractivity contribution in [1.82, 2.24) is 0 Å². The number of anilines is 1. The zero-order valence-electron chi connectivity index (χ0n) is 12.2. The van der Waals surface area contributed by atoms with Crippen LogP contribution in [0.5, 0.6) is 0 Å². The number of ether oxygens (including phenoxy) is 2. The fourth-order valence-electron chi connectivity index (χ4n) is 1.79. The van der Waals surface area contributed by atoms with Crippen LogP contribution in [0.25, 0.3) is 0 Å². The van der Waals surface area contributed by atoms with Crippen LogP contribution >= 0.6 is 0 Å². The molecule has 9 heteroatoms. The molecule has 1 aromatic rings. The zero-order chi connectivity index (χ0) is 17.2. The van der Waals surface area contributed by atoms with Crippen molar-refractivity contribution in [2.24, 2.45) is 0 Å². The topological polar surface area (TPSA) is 132 Å². The minimum absolute atomic E-state index is 0.0195. The van der Waals surface area contributed by atoms with E-state index in [1.54, 1.807) is 6.07 Å². The number of hydrogen-bond acceptors (Lipinski definition) is 8. The number of nitriles is 1. The molecule has 0 atom stereocenters. The van der Waals surface area contributed by atoms with E-state index in [4.69, 9.17) is 14.7 Å². The smallest absolute Gasteiger partial charge is 0.350 e. The number of nitrogens with zero attached hydrogens (tertiary/aromatic N) is 2. The van der Waals surface area contributed by atoms with Crippen LogP contribution in [0.4, 0.5) is 11.4 Å². The minimum Gasteiger partial charge on any atom is -0.419 e. The molecule has 0 aromatic heterocycles. The Kier molecular flexibility index (Phi) is 4.00. The van der Waals surface area contributed by atoms with Crippen molar-refractivity contribution in [1.29, 1.82) is 5.26 Å². The molecule has 0 radical (unpaired) electrons. The van der Waals surface area contributed by atoms with Gasteiger partial charge < -0.3 is 14.8 Å². The van der Waals surface area contributed by atoms with E-state index in [1.165, 1.54) is 26.0 Å². The van der Waals surface area contributed by atoms with Gasteiger partial charge in [-0.2, -0.15) is 5.26 Å². The number of esters is 2. The lowest BCUT2D eigenvalue weighted by Gasteiger charge is -2.29. The fraction of sp³-hybridized carbons (Fsp3) is 0.214. The zero-order valence-corrected chi connectivity index (χ0v) is 12.2. The van der Waals surface area contributed by atoms with Crippen LogP contribution in [-0.4, -0.2) is 22.6 Å². The van der Waals surface area contributed by atoms with Gasteiger partial charge in [-0.3, -0.25) is 10.1 Å². The number of non-ortho nitro benzene ring substituents is 1. The molecule has 0 bridgehead atoms. The Morgan fingerprint density at radius 1 is 1.30 bits per heavy atom. The van der Waals surface area contributed by atoms with Crippen LogP contribution in [0.15, 0.2) is 30.0 Å². The van der Waals surface area contributed by atoms with Gasteiger partial charge in [0.25, 0.3) is 11.5 Å². The Balaban J connectivity index is 2.27. The molecule has 1 aliphatic rings. The number of hydrogen-bond donors (Lipinski definition) is 1. The van der Waals surface area contributed by atoms with Crippen molar-refractivity contribution < 1.29 is 24.0 Å². The van der Waals surface area contributed by atoms with Gasteiger partial charge in [0.1, 0.15) is 6.07 Å². The summed E-state index contributed by atoms with van der Waals surface area (Å²) in [6.45, 7) is 2.83. The lowest BCUT2D eigenvalue weighted by molar-refractivity contribution is -0.384. The summed E-state index contributed by atoms with van der Waals surface area (Å²) in [5.41, 5.74) is -0.463. The molecule has 118 valence electrons. The summed E-state index contributed by atoms with van der Waals surface area (Å²) in [5, 5.41) is 22.3.